The minimum Gasteiger partial charge on any atom is -0.497 e. The lowest BCUT2D eigenvalue weighted by atomic mass is 10.3. The van der Waals surface area contributed by atoms with Gasteiger partial charge >= 0.3 is 5.97 Å². The smallest absolute Gasteiger partial charge is 0.349 e. The predicted octanol–water partition coefficient (Wildman–Crippen LogP) is 0.827. The number of carboxylic acid groups (broad SMARTS) is 1. The first kappa shape index (κ1) is 14.1. The van der Waals surface area contributed by atoms with Crippen LogP contribution in [0.5, 0.6) is 11.5 Å². The number of carboxylic acids is 1. The van der Waals surface area contributed by atoms with Crippen LogP contribution >= 0.6 is 0 Å². The third-order valence-corrected chi connectivity index (χ3v) is 3.86. The highest BCUT2D eigenvalue weighted by molar-refractivity contribution is 7.95. The Kier molecular flexibility index (Phi) is 3.75. The molecular weight excluding hydrogens is 286 g/mol. The molecule has 7 nitrogen and oxygen atoms in total. The molecule has 2 rings (SSSR count). The Morgan fingerprint density at radius 3 is 2.70 bits per heavy atom. The van der Waals surface area contributed by atoms with Crippen molar-refractivity contribution in [3.63, 3.8) is 0 Å². The van der Waals surface area contributed by atoms with E-state index in [1.165, 1.54) is 7.11 Å². The number of methoxy groups -OCH3 is 1. The van der Waals surface area contributed by atoms with E-state index in [1.807, 2.05) is 0 Å². The highest BCUT2D eigenvalue weighted by atomic mass is 32.2. The maximum Gasteiger partial charge on any atom is 0.349 e. The van der Waals surface area contributed by atoms with Crippen LogP contribution in [0.2, 0.25) is 0 Å². The summed E-state index contributed by atoms with van der Waals surface area (Å²) in [6, 6.07) is 6.65. The summed E-state index contributed by atoms with van der Waals surface area (Å²) < 4.78 is 36.4. The number of ether oxygens (including phenoxy) is 2. The van der Waals surface area contributed by atoms with Gasteiger partial charge in [-0.3, -0.25) is 0 Å². The van der Waals surface area contributed by atoms with Crippen LogP contribution in [0.15, 0.2) is 39.1 Å². The number of rotatable bonds is 5. The van der Waals surface area contributed by atoms with Crippen LogP contribution in [0.4, 0.5) is 0 Å². The topological polar surface area (TPSA) is 102 Å². The Hall–Kier alpha value is -2.35. The number of hydrogen-bond acceptors (Lipinski definition) is 5. The van der Waals surface area contributed by atoms with Crippen molar-refractivity contribution in [2.24, 2.45) is 4.40 Å². The van der Waals surface area contributed by atoms with E-state index in [1.54, 1.807) is 24.3 Å². The van der Waals surface area contributed by atoms with Crippen molar-refractivity contribution in [1.82, 2.24) is 0 Å². The normalized spacial score (nSPS) is 16.2. The van der Waals surface area contributed by atoms with E-state index >= 15 is 0 Å². The maximum absolute atomic E-state index is 11.4. The summed E-state index contributed by atoms with van der Waals surface area (Å²) in [5.74, 6) is -0.548. The summed E-state index contributed by atoms with van der Waals surface area (Å²) in [6.07, 6.45) is 0.985. The van der Waals surface area contributed by atoms with Gasteiger partial charge in [-0.1, -0.05) is 6.07 Å². The molecule has 106 valence electrons. The van der Waals surface area contributed by atoms with E-state index in [0.29, 0.717) is 11.5 Å². The standard InChI is InChI=1S/C12H11NO6S/c1-18-9-3-2-4-10(5-9)19-7-8-6-13-20(16,17)11(8)12(14)15/h2-6H,7H2,1H3,(H,14,15). The van der Waals surface area contributed by atoms with Gasteiger partial charge in [-0.05, 0) is 12.1 Å². The molecule has 0 aliphatic carbocycles. The van der Waals surface area contributed by atoms with Crippen LogP contribution in [0.3, 0.4) is 0 Å². The third kappa shape index (κ3) is 2.80. The lowest BCUT2D eigenvalue weighted by molar-refractivity contribution is -0.131. The molecule has 1 heterocycles. The summed E-state index contributed by atoms with van der Waals surface area (Å²) in [7, 11) is -2.61. The first-order valence-corrected chi connectivity index (χ1v) is 6.91. The minimum absolute atomic E-state index is 0.000296. The summed E-state index contributed by atoms with van der Waals surface area (Å²) in [4.78, 5) is 10.2. The highest BCUT2D eigenvalue weighted by Gasteiger charge is 2.32. The predicted molar refractivity (Wildman–Crippen MR) is 70.6 cm³/mol. The zero-order chi connectivity index (χ0) is 14.8. The molecule has 0 fully saturated rings. The Morgan fingerprint density at radius 1 is 1.35 bits per heavy atom. The minimum atomic E-state index is -4.11. The van der Waals surface area contributed by atoms with Crippen molar-refractivity contribution in [1.29, 1.82) is 0 Å². The second kappa shape index (κ2) is 5.33. The van der Waals surface area contributed by atoms with Crippen molar-refractivity contribution >= 4 is 22.2 Å². The summed E-state index contributed by atoms with van der Waals surface area (Å²) in [6.45, 7) is -0.211. The number of nitrogens with zero attached hydrogens (tertiary/aromatic N) is 1. The van der Waals surface area contributed by atoms with Gasteiger partial charge < -0.3 is 14.6 Å². The number of benzene rings is 1. The average molecular weight is 297 g/mol. The van der Waals surface area contributed by atoms with Gasteiger partial charge in [0, 0.05) is 17.9 Å². The van der Waals surface area contributed by atoms with Crippen molar-refractivity contribution < 1.29 is 27.8 Å². The second-order valence-electron chi connectivity index (χ2n) is 3.84. The molecule has 0 atom stereocenters. The Bertz CT molecular complexity index is 704. The van der Waals surface area contributed by atoms with Gasteiger partial charge in [0.15, 0.2) is 4.91 Å². The fraction of sp³-hybridized carbons (Fsp3) is 0.167. The van der Waals surface area contributed by atoms with E-state index in [0.717, 1.165) is 6.21 Å². The number of sulfonamides is 1. The second-order valence-corrected chi connectivity index (χ2v) is 5.41. The molecule has 1 aliphatic rings. The summed E-state index contributed by atoms with van der Waals surface area (Å²) >= 11 is 0. The first-order valence-electron chi connectivity index (χ1n) is 5.47. The van der Waals surface area contributed by atoms with Gasteiger partial charge in [0.05, 0.1) is 7.11 Å². The molecule has 0 bridgehead atoms. The van der Waals surface area contributed by atoms with E-state index < -0.39 is 20.9 Å². The SMILES string of the molecule is COc1cccc(OCC2=C(C(=O)O)S(=O)(=O)N=C2)c1. The summed E-state index contributed by atoms with van der Waals surface area (Å²) in [5.41, 5.74) is 0.000296. The van der Waals surface area contributed by atoms with Crippen LogP contribution < -0.4 is 9.47 Å². The molecule has 20 heavy (non-hydrogen) atoms. The molecule has 0 radical (unpaired) electrons. The molecule has 0 saturated carbocycles. The number of carbonyl (C=O) groups is 1. The Balaban J connectivity index is 2.20. The van der Waals surface area contributed by atoms with E-state index in [-0.39, 0.29) is 12.2 Å². The zero-order valence-electron chi connectivity index (χ0n) is 10.4. The fourth-order valence-electron chi connectivity index (χ4n) is 1.61. The average Bonchev–Trinajstić information content (AvgIpc) is 2.71. The highest BCUT2D eigenvalue weighted by Crippen LogP contribution is 2.23. The molecule has 1 aromatic rings. The van der Waals surface area contributed by atoms with E-state index in [9.17, 15) is 13.2 Å². The van der Waals surface area contributed by atoms with Crippen molar-refractivity contribution in [2.75, 3.05) is 13.7 Å². The molecule has 1 aliphatic heterocycles. The molecule has 0 saturated heterocycles. The van der Waals surface area contributed by atoms with Gasteiger partial charge in [-0.25, -0.2) is 4.79 Å². The van der Waals surface area contributed by atoms with Gasteiger partial charge in [-0.15, -0.1) is 0 Å². The number of hydrogen-bond donors (Lipinski definition) is 1. The van der Waals surface area contributed by atoms with Crippen molar-refractivity contribution in [3.8, 4) is 11.5 Å². The Labute approximate surface area is 115 Å². The zero-order valence-corrected chi connectivity index (χ0v) is 11.3. The van der Waals surface area contributed by atoms with Crippen LogP contribution in [-0.2, 0) is 14.8 Å². The first-order chi connectivity index (χ1) is 9.44. The fourth-order valence-corrected chi connectivity index (χ4v) is 2.65. The molecule has 0 aromatic heterocycles. The summed E-state index contributed by atoms with van der Waals surface area (Å²) in [5, 5.41) is 8.91. The molecule has 1 N–H and O–H groups in total. The lowest BCUT2D eigenvalue weighted by Gasteiger charge is -2.07. The monoisotopic (exact) mass is 297 g/mol. The molecule has 1 aromatic carbocycles. The van der Waals surface area contributed by atoms with Gasteiger partial charge in [0.25, 0.3) is 10.0 Å². The molecule has 0 spiro atoms. The van der Waals surface area contributed by atoms with Crippen molar-refractivity contribution in [3.05, 3.63) is 34.7 Å². The van der Waals surface area contributed by atoms with E-state index in [4.69, 9.17) is 14.6 Å². The van der Waals surface area contributed by atoms with Crippen LogP contribution in [-0.4, -0.2) is 39.4 Å². The van der Waals surface area contributed by atoms with Gasteiger partial charge in [0.2, 0.25) is 0 Å². The van der Waals surface area contributed by atoms with E-state index in [2.05, 4.69) is 4.40 Å². The molecular formula is C12H11NO6S. The molecule has 8 heteroatoms. The quantitative estimate of drug-likeness (QED) is 0.863. The van der Waals surface area contributed by atoms with Crippen LogP contribution in [0, 0.1) is 0 Å². The van der Waals surface area contributed by atoms with Crippen molar-refractivity contribution in [2.45, 2.75) is 0 Å². The molecule has 0 amide bonds. The molecule has 0 unspecified atom stereocenters. The van der Waals surface area contributed by atoms with Crippen LogP contribution in [0.1, 0.15) is 0 Å². The van der Waals surface area contributed by atoms with Gasteiger partial charge in [-0.2, -0.15) is 12.8 Å². The third-order valence-electron chi connectivity index (χ3n) is 2.53. The number of aliphatic carboxylic acids is 1. The lowest BCUT2D eigenvalue weighted by Crippen LogP contribution is -2.12. The maximum atomic E-state index is 11.4. The van der Waals surface area contributed by atoms with Crippen LogP contribution in [0.25, 0.3) is 0 Å². The largest absolute Gasteiger partial charge is 0.497 e. The van der Waals surface area contributed by atoms with Gasteiger partial charge in [0.1, 0.15) is 18.1 Å². The Morgan fingerprint density at radius 2 is 2.05 bits per heavy atom.